The first-order chi connectivity index (χ1) is 6.88. The molecule has 1 nitrogen and oxygen atoms in total. The van der Waals surface area contributed by atoms with Crippen molar-refractivity contribution in [1.82, 2.24) is 5.32 Å². The molecule has 2 aliphatic carbocycles. The molecule has 1 heterocycles. The van der Waals surface area contributed by atoms with Crippen LogP contribution in [-0.4, -0.2) is 11.6 Å². The van der Waals surface area contributed by atoms with Gasteiger partial charge in [-0.1, -0.05) is 32.1 Å². The fraction of sp³-hybridized carbons (Fsp3) is 1.00. The van der Waals surface area contributed by atoms with Crippen LogP contribution in [0.25, 0.3) is 0 Å². The molecule has 1 saturated heterocycles. The molecule has 1 spiro atoms. The molecule has 0 bridgehead atoms. The summed E-state index contributed by atoms with van der Waals surface area (Å²) < 4.78 is 0. The van der Waals surface area contributed by atoms with Gasteiger partial charge in [-0.3, -0.25) is 0 Å². The van der Waals surface area contributed by atoms with E-state index in [1.807, 2.05) is 0 Å². The van der Waals surface area contributed by atoms with E-state index in [1.165, 1.54) is 64.2 Å². The Balaban J connectivity index is 0.000000853. The fourth-order valence-electron chi connectivity index (χ4n) is 4.17. The van der Waals surface area contributed by atoms with E-state index in [0.717, 1.165) is 12.0 Å². The van der Waals surface area contributed by atoms with Gasteiger partial charge in [-0.2, -0.15) is 0 Å². The van der Waals surface area contributed by atoms with Crippen LogP contribution in [0.2, 0.25) is 0 Å². The van der Waals surface area contributed by atoms with E-state index in [4.69, 9.17) is 0 Å². The van der Waals surface area contributed by atoms with Crippen molar-refractivity contribution in [3.63, 3.8) is 0 Å². The molecule has 0 amide bonds. The number of rotatable bonds is 0. The van der Waals surface area contributed by atoms with Crippen LogP contribution in [0.4, 0.5) is 0 Å². The Morgan fingerprint density at radius 3 is 2.33 bits per heavy atom. The van der Waals surface area contributed by atoms with Gasteiger partial charge >= 0.3 is 0 Å². The van der Waals surface area contributed by atoms with Crippen LogP contribution in [0.3, 0.4) is 0 Å². The van der Waals surface area contributed by atoms with E-state index in [-0.39, 0.29) is 12.4 Å². The first-order valence-corrected chi connectivity index (χ1v) is 6.66. The van der Waals surface area contributed by atoms with Gasteiger partial charge in [0.25, 0.3) is 0 Å². The second-order valence-corrected chi connectivity index (χ2v) is 5.84. The number of fused-ring (bicyclic) bond motifs is 1. The summed E-state index contributed by atoms with van der Waals surface area (Å²) in [5, 5.41) is 4.01. The summed E-state index contributed by atoms with van der Waals surface area (Å²) >= 11 is 0. The van der Waals surface area contributed by atoms with E-state index in [2.05, 4.69) is 5.32 Å². The quantitative estimate of drug-likeness (QED) is 0.669. The molecule has 2 atom stereocenters. The molecule has 1 aliphatic heterocycles. The first-order valence-electron chi connectivity index (χ1n) is 6.66. The highest BCUT2D eigenvalue weighted by atomic mass is 35.5. The smallest absolute Gasteiger partial charge is 0.0187 e. The van der Waals surface area contributed by atoms with E-state index in [9.17, 15) is 0 Å². The van der Waals surface area contributed by atoms with Crippen LogP contribution in [0.5, 0.6) is 0 Å². The summed E-state index contributed by atoms with van der Waals surface area (Å²) in [6, 6.07) is 0.904. The van der Waals surface area contributed by atoms with Crippen molar-refractivity contribution < 1.29 is 0 Å². The minimum atomic E-state index is 0. The predicted octanol–water partition coefficient (Wildman–Crippen LogP) is 3.66. The zero-order valence-electron chi connectivity index (χ0n) is 9.63. The number of nitrogens with one attached hydrogen (secondary N) is 1. The second kappa shape index (κ2) is 4.63. The molecule has 88 valence electrons. The third kappa shape index (κ3) is 2.19. The maximum absolute atomic E-state index is 4.01. The lowest BCUT2D eigenvalue weighted by Gasteiger charge is -2.34. The highest BCUT2D eigenvalue weighted by molar-refractivity contribution is 5.85. The molecule has 0 aromatic rings. The topological polar surface area (TPSA) is 12.0 Å². The molecule has 3 aliphatic rings. The molecule has 15 heavy (non-hydrogen) atoms. The normalized spacial score (nSPS) is 38.4. The van der Waals surface area contributed by atoms with Gasteiger partial charge < -0.3 is 5.32 Å². The SMILES string of the molecule is C1CCC2(CC1)CC1CCCCC1N2.Cl. The van der Waals surface area contributed by atoms with Gasteiger partial charge in [0.05, 0.1) is 0 Å². The van der Waals surface area contributed by atoms with E-state index in [0.29, 0.717) is 5.54 Å². The highest BCUT2D eigenvalue weighted by Crippen LogP contribution is 2.44. The van der Waals surface area contributed by atoms with E-state index >= 15 is 0 Å². The van der Waals surface area contributed by atoms with Gasteiger partial charge in [0.2, 0.25) is 0 Å². The molecule has 3 fully saturated rings. The minimum absolute atomic E-state index is 0. The zero-order valence-corrected chi connectivity index (χ0v) is 10.5. The first kappa shape index (κ1) is 11.7. The fourth-order valence-corrected chi connectivity index (χ4v) is 4.17. The van der Waals surface area contributed by atoms with Crippen molar-refractivity contribution in [3.8, 4) is 0 Å². The Morgan fingerprint density at radius 2 is 1.60 bits per heavy atom. The lowest BCUT2D eigenvalue weighted by Crippen LogP contribution is -2.44. The third-order valence-corrected chi connectivity index (χ3v) is 4.86. The maximum Gasteiger partial charge on any atom is 0.0187 e. The molecule has 0 aromatic carbocycles. The zero-order chi connectivity index (χ0) is 9.43. The van der Waals surface area contributed by atoms with Crippen LogP contribution in [0, 0.1) is 5.92 Å². The molecule has 3 rings (SSSR count). The second-order valence-electron chi connectivity index (χ2n) is 5.84. The Hall–Kier alpha value is 0.250. The Labute approximate surface area is 99.8 Å². The highest BCUT2D eigenvalue weighted by Gasteiger charge is 2.45. The van der Waals surface area contributed by atoms with Crippen molar-refractivity contribution in [3.05, 3.63) is 0 Å². The molecule has 0 radical (unpaired) electrons. The van der Waals surface area contributed by atoms with Crippen LogP contribution < -0.4 is 5.32 Å². The number of halogens is 1. The molecule has 0 aromatic heterocycles. The Morgan fingerprint density at radius 1 is 0.867 bits per heavy atom. The third-order valence-electron chi connectivity index (χ3n) is 4.86. The average Bonchev–Trinajstić information content (AvgIpc) is 2.56. The van der Waals surface area contributed by atoms with Crippen molar-refractivity contribution >= 4 is 12.4 Å². The van der Waals surface area contributed by atoms with Crippen molar-refractivity contribution in [1.29, 1.82) is 0 Å². The van der Waals surface area contributed by atoms with Crippen molar-refractivity contribution in [2.45, 2.75) is 75.8 Å². The molecule has 2 unspecified atom stereocenters. The summed E-state index contributed by atoms with van der Waals surface area (Å²) in [5.74, 6) is 1.04. The monoisotopic (exact) mass is 229 g/mol. The van der Waals surface area contributed by atoms with Gasteiger partial charge in [-0.25, -0.2) is 0 Å². The van der Waals surface area contributed by atoms with E-state index in [1.54, 1.807) is 0 Å². The van der Waals surface area contributed by atoms with Gasteiger partial charge in [-0.05, 0) is 38.0 Å². The number of hydrogen-bond acceptors (Lipinski definition) is 1. The van der Waals surface area contributed by atoms with Gasteiger partial charge in [0.1, 0.15) is 0 Å². The van der Waals surface area contributed by atoms with E-state index < -0.39 is 0 Å². The summed E-state index contributed by atoms with van der Waals surface area (Å²) in [5.41, 5.74) is 0.609. The average molecular weight is 230 g/mol. The van der Waals surface area contributed by atoms with Gasteiger partial charge in [0, 0.05) is 11.6 Å². The Kier molecular flexibility index (Phi) is 3.62. The molecule has 2 heteroatoms. The minimum Gasteiger partial charge on any atom is -0.308 e. The summed E-state index contributed by atoms with van der Waals surface area (Å²) in [7, 11) is 0. The molecule has 1 N–H and O–H groups in total. The molecule has 2 saturated carbocycles. The molecular weight excluding hydrogens is 206 g/mol. The number of hydrogen-bond donors (Lipinski definition) is 1. The largest absolute Gasteiger partial charge is 0.308 e. The van der Waals surface area contributed by atoms with Gasteiger partial charge in [-0.15, -0.1) is 12.4 Å². The summed E-state index contributed by atoms with van der Waals surface area (Å²) in [6.45, 7) is 0. The molecular formula is C13H24ClN. The lowest BCUT2D eigenvalue weighted by molar-refractivity contribution is 0.251. The van der Waals surface area contributed by atoms with Crippen LogP contribution in [-0.2, 0) is 0 Å². The summed E-state index contributed by atoms with van der Waals surface area (Å²) in [6.07, 6.45) is 14.9. The Bertz CT molecular complexity index is 195. The van der Waals surface area contributed by atoms with Crippen molar-refractivity contribution in [2.75, 3.05) is 0 Å². The van der Waals surface area contributed by atoms with Crippen LogP contribution in [0.15, 0.2) is 0 Å². The predicted molar refractivity (Wildman–Crippen MR) is 66.6 cm³/mol. The van der Waals surface area contributed by atoms with Gasteiger partial charge in [0.15, 0.2) is 0 Å². The standard InChI is InChI=1S/C13H23N.ClH/c1-4-8-13(9-5-1)10-11-6-2-3-7-12(11)14-13;/h11-12,14H,1-10H2;1H. The van der Waals surface area contributed by atoms with Crippen LogP contribution in [0.1, 0.15) is 64.2 Å². The lowest BCUT2D eigenvalue weighted by atomic mass is 9.77. The maximum atomic E-state index is 4.01. The summed E-state index contributed by atoms with van der Waals surface area (Å²) in [4.78, 5) is 0. The van der Waals surface area contributed by atoms with Crippen LogP contribution >= 0.6 is 12.4 Å². The van der Waals surface area contributed by atoms with Crippen molar-refractivity contribution in [2.24, 2.45) is 5.92 Å².